The number of aliphatic imine (C=N–C) groups is 1. The van der Waals surface area contributed by atoms with Crippen LogP contribution >= 0.6 is 0 Å². The Bertz CT molecular complexity index is 884. The Kier molecular flexibility index (Phi) is 2.71. The Morgan fingerprint density at radius 3 is 2.90 bits per heavy atom. The van der Waals surface area contributed by atoms with E-state index in [0.717, 1.165) is 27.7 Å². The Hall–Kier alpha value is -3.01. The van der Waals surface area contributed by atoms with Crippen molar-refractivity contribution in [1.29, 1.82) is 0 Å². The van der Waals surface area contributed by atoms with Crippen molar-refractivity contribution in [3.63, 3.8) is 0 Å². The predicted octanol–water partition coefficient (Wildman–Crippen LogP) is 3.33. The average molecular weight is 273 g/mol. The standard InChI is InChI=1S/C17H11N3O/c1-2-6-15-12(4-1)10-13(11-20-15)16-14-5-3-7-19-17(14)21-9-8-18-16/h1-11H. The molecule has 3 aromatic rings. The summed E-state index contributed by atoms with van der Waals surface area (Å²) in [6.45, 7) is 0. The smallest absolute Gasteiger partial charge is 0.227 e. The first-order valence-electron chi connectivity index (χ1n) is 6.62. The third-order valence-electron chi connectivity index (χ3n) is 3.33. The second kappa shape index (κ2) is 4.83. The number of aromatic nitrogens is 2. The van der Waals surface area contributed by atoms with Gasteiger partial charge in [-0.25, -0.2) is 4.98 Å². The van der Waals surface area contributed by atoms with Gasteiger partial charge in [0.2, 0.25) is 5.88 Å². The van der Waals surface area contributed by atoms with Crippen LogP contribution in [0.5, 0.6) is 5.88 Å². The summed E-state index contributed by atoms with van der Waals surface area (Å²) in [5.74, 6) is 0.554. The second-order valence-corrected chi connectivity index (χ2v) is 4.65. The van der Waals surface area contributed by atoms with E-state index in [2.05, 4.69) is 21.0 Å². The Morgan fingerprint density at radius 2 is 1.90 bits per heavy atom. The van der Waals surface area contributed by atoms with E-state index in [-0.39, 0.29) is 0 Å². The Balaban J connectivity index is 1.92. The highest BCUT2D eigenvalue weighted by atomic mass is 16.5. The minimum Gasteiger partial charge on any atom is -0.444 e. The number of benzene rings is 1. The van der Waals surface area contributed by atoms with Gasteiger partial charge in [0.05, 0.1) is 23.0 Å². The van der Waals surface area contributed by atoms with E-state index in [0.29, 0.717) is 5.88 Å². The normalized spacial score (nSPS) is 13.2. The molecular formula is C17H11N3O. The summed E-state index contributed by atoms with van der Waals surface area (Å²) in [5, 5.41) is 1.08. The summed E-state index contributed by atoms with van der Waals surface area (Å²) in [7, 11) is 0. The quantitative estimate of drug-likeness (QED) is 0.683. The van der Waals surface area contributed by atoms with Crippen molar-refractivity contribution in [2.24, 2.45) is 4.99 Å². The van der Waals surface area contributed by atoms with Crippen molar-refractivity contribution < 1.29 is 4.74 Å². The summed E-state index contributed by atoms with van der Waals surface area (Å²) in [4.78, 5) is 13.2. The number of hydrogen-bond donors (Lipinski definition) is 0. The third-order valence-corrected chi connectivity index (χ3v) is 3.33. The van der Waals surface area contributed by atoms with Crippen LogP contribution in [0.3, 0.4) is 0 Å². The molecule has 4 rings (SSSR count). The van der Waals surface area contributed by atoms with Gasteiger partial charge in [0.25, 0.3) is 0 Å². The summed E-state index contributed by atoms with van der Waals surface area (Å²) in [6, 6.07) is 13.9. The molecule has 0 aliphatic carbocycles. The maximum Gasteiger partial charge on any atom is 0.227 e. The van der Waals surface area contributed by atoms with Crippen molar-refractivity contribution in [1.82, 2.24) is 9.97 Å². The topological polar surface area (TPSA) is 47.4 Å². The zero-order valence-electron chi connectivity index (χ0n) is 11.1. The molecule has 0 N–H and O–H groups in total. The van der Waals surface area contributed by atoms with Crippen molar-refractivity contribution >= 4 is 16.6 Å². The molecule has 2 aromatic heterocycles. The molecule has 4 heteroatoms. The molecule has 1 aliphatic rings. The molecule has 0 spiro atoms. The first-order chi connectivity index (χ1) is 10.4. The monoisotopic (exact) mass is 273 g/mol. The van der Waals surface area contributed by atoms with Crippen LogP contribution in [0.25, 0.3) is 10.9 Å². The first kappa shape index (κ1) is 11.8. The number of hydrogen-bond acceptors (Lipinski definition) is 4. The van der Waals surface area contributed by atoms with Crippen LogP contribution in [0.4, 0.5) is 0 Å². The van der Waals surface area contributed by atoms with Gasteiger partial charge in [-0.1, -0.05) is 18.2 Å². The molecule has 3 heterocycles. The van der Waals surface area contributed by atoms with Crippen molar-refractivity contribution in [2.45, 2.75) is 0 Å². The molecule has 0 atom stereocenters. The fraction of sp³-hybridized carbons (Fsp3) is 0. The zero-order valence-corrected chi connectivity index (χ0v) is 11.1. The van der Waals surface area contributed by atoms with Gasteiger partial charge in [0.15, 0.2) is 0 Å². The molecule has 0 unspecified atom stereocenters. The van der Waals surface area contributed by atoms with Crippen LogP contribution in [-0.2, 0) is 0 Å². The van der Waals surface area contributed by atoms with Crippen molar-refractivity contribution in [2.75, 3.05) is 0 Å². The SMILES string of the molecule is C1=COc2ncccc2C(c2cnc3ccccc3c2)=N1. The summed E-state index contributed by atoms with van der Waals surface area (Å²) < 4.78 is 5.46. The Morgan fingerprint density at radius 1 is 0.952 bits per heavy atom. The maximum atomic E-state index is 5.46. The predicted molar refractivity (Wildman–Crippen MR) is 81.4 cm³/mol. The van der Waals surface area contributed by atoms with Gasteiger partial charge in [-0.15, -0.1) is 0 Å². The van der Waals surface area contributed by atoms with Gasteiger partial charge in [0, 0.05) is 23.3 Å². The zero-order chi connectivity index (χ0) is 14.1. The number of ether oxygens (including phenoxy) is 1. The van der Waals surface area contributed by atoms with E-state index in [1.54, 1.807) is 12.4 Å². The largest absolute Gasteiger partial charge is 0.444 e. The van der Waals surface area contributed by atoms with Gasteiger partial charge in [-0.2, -0.15) is 0 Å². The number of para-hydroxylation sites is 1. The molecule has 0 saturated heterocycles. The molecule has 4 nitrogen and oxygen atoms in total. The maximum absolute atomic E-state index is 5.46. The van der Waals surface area contributed by atoms with Crippen LogP contribution < -0.4 is 4.74 Å². The molecule has 0 amide bonds. The number of rotatable bonds is 1. The summed E-state index contributed by atoms with van der Waals surface area (Å²) >= 11 is 0. The lowest BCUT2D eigenvalue weighted by atomic mass is 10.0. The van der Waals surface area contributed by atoms with Gasteiger partial charge < -0.3 is 4.74 Å². The molecule has 0 saturated carbocycles. The molecule has 0 bridgehead atoms. The van der Waals surface area contributed by atoms with E-state index in [9.17, 15) is 0 Å². The molecule has 21 heavy (non-hydrogen) atoms. The van der Waals surface area contributed by atoms with Crippen molar-refractivity contribution in [3.05, 3.63) is 78.4 Å². The third kappa shape index (κ3) is 2.07. The van der Waals surface area contributed by atoms with Crippen LogP contribution in [0, 0.1) is 0 Å². The minimum absolute atomic E-state index is 0.554. The van der Waals surface area contributed by atoms with Gasteiger partial charge in [-0.05, 0) is 24.3 Å². The fourth-order valence-electron chi connectivity index (χ4n) is 2.36. The molecule has 100 valence electrons. The first-order valence-corrected chi connectivity index (χ1v) is 6.62. The highest BCUT2D eigenvalue weighted by Gasteiger charge is 2.15. The van der Waals surface area contributed by atoms with Gasteiger partial charge in [0.1, 0.15) is 6.26 Å². The van der Waals surface area contributed by atoms with Crippen LogP contribution in [0.15, 0.2) is 72.3 Å². The number of nitrogens with zero attached hydrogens (tertiary/aromatic N) is 3. The van der Waals surface area contributed by atoms with Gasteiger partial charge in [-0.3, -0.25) is 9.98 Å². The van der Waals surface area contributed by atoms with E-state index >= 15 is 0 Å². The highest BCUT2D eigenvalue weighted by molar-refractivity contribution is 6.15. The van der Waals surface area contributed by atoms with Crippen LogP contribution in [0.1, 0.15) is 11.1 Å². The van der Waals surface area contributed by atoms with Crippen LogP contribution in [-0.4, -0.2) is 15.7 Å². The second-order valence-electron chi connectivity index (χ2n) is 4.65. The van der Waals surface area contributed by atoms with E-state index < -0.39 is 0 Å². The number of pyridine rings is 2. The molecule has 0 radical (unpaired) electrons. The molecular weight excluding hydrogens is 262 g/mol. The fourth-order valence-corrected chi connectivity index (χ4v) is 2.36. The minimum atomic E-state index is 0.554. The molecule has 1 aliphatic heterocycles. The van der Waals surface area contributed by atoms with Crippen molar-refractivity contribution in [3.8, 4) is 5.88 Å². The average Bonchev–Trinajstić information content (AvgIpc) is 2.77. The lowest BCUT2D eigenvalue weighted by Crippen LogP contribution is -2.05. The Labute approximate surface area is 121 Å². The summed E-state index contributed by atoms with van der Waals surface area (Å²) in [5.41, 5.74) is 3.58. The lowest BCUT2D eigenvalue weighted by Gasteiger charge is -2.08. The van der Waals surface area contributed by atoms with E-state index in [1.165, 1.54) is 6.26 Å². The number of fused-ring (bicyclic) bond motifs is 2. The van der Waals surface area contributed by atoms with Gasteiger partial charge >= 0.3 is 0 Å². The lowest BCUT2D eigenvalue weighted by molar-refractivity contribution is 0.461. The molecule has 1 aromatic carbocycles. The highest BCUT2D eigenvalue weighted by Crippen LogP contribution is 2.23. The molecule has 0 fully saturated rings. The van der Waals surface area contributed by atoms with E-state index in [4.69, 9.17) is 4.74 Å². The summed E-state index contributed by atoms with van der Waals surface area (Å²) in [6.07, 6.45) is 6.70. The van der Waals surface area contributed by atoms with E-state index in [1.807, 2.05) is 42.6 Å². The van der Waals surface area contributed by atoms with Crippen LogP contribution in [0.2, 0.25) is 0 Å².